The lowest BCUT2D eigenvalue weighted by Crippen LogP contribution is -2.43. The number of hydrogen-bond acceptors (Lipinski definition) is 5. The Morgan fingerprint density at radius 1 is 1.38 bits per heavy atom. The molecule has 0 aliphatic carbocycles. The molecule has 1 fully saturated rings. The van der Waals surface area contributed by atoms with Crippen molar-refractivity contribution in [1.29, 1.82) is 0 Å². The van der Waals surface area contributed by atoms with Crippen molar-refractivity contribution in [2.24, 2.45) is 13.0 Å². The van der Waals surface area contributed by atoms with Gasteiger partial charge in [0, 0.05) is 25.5 Å². The molecule has 1 aliphatic heterocycles. The Kier molecular flexibility index (Phi) is 5.22. The highest BCUT2D eigenvalue weighted by atomic mass is 16.2. The van der Waals surface area contributed by atoms with Gasteiger partial charge in [-0.25, -0.2) is 9.97 Å². The molecule has 0 bridgehead atoms. The normalized spacial score (nSPS) is 20.9. The van der Waals surface area contributed by atoms with Crippen LogP contribution in [0.3, 0.4) is 0 Å². The van der Waals surface area contributed by atoms with E-state index < -0.39 is 11.5 Å². The summed E-state index contributed by atoms with van der Waals surface area (Å²) in [5.74, 6) is -0.176. The Morgan fingerprint density at radius 2 is 2.15 bits per heavy atom. The smallest absolute Gasteiger partial charge is 0.279 e. The van der Waals surface area contributed by atoms with Crippen LogP contribution in [0.2, 0.25) is 0 Å². The van der Waals surface area contributed by atoms with Crippen LogP contribution in [-0.4, -0.2) is 50.5 Å². The molecule has 2 aromatic heterocycles. The van der Waals surface area contributed by atoms with E-state index in [-0.39, 0.29) is 17.7 Å². The molecule has 0 radical (unpaired) electrons. The van der Waals surface area contributed by atoms with Crippen LogP contribution in [0.5, 0.6) is 0 Å². The van der Waals surface area contributed by atoms with Crippen molar-refractivity contribution in [2.45, 2.75) is 32.7 Å². The summed E-state index contributed by atoms with van der Waals surface area (Å²) >= 11 is 0. The number of hydrogen-bond donors (Lipinski definition) is 2. The van der Waals surface area contributed by atoms with Gasteiger partial charge < -0.3 is 14.9 Å². The molecule has 0 aromatic carbocycles. The van der Waals surface area contributed by atoms with Gasteiger partial charge in [-0.05, 0) is 46.2 Å². The first-order chi connectivity index (χ1) is 12.4. The number of nitrogens with one attached hydrogen (secondary N) is 2. The number of aryl methyl sites for hydroxylation is 3. The first-order valence-corrected chi connectivity index (χ1v) is 8.90. The maximum atomic E-state index is 12.5. The van der Waals surface area contributed by atoms with Gasteiger partial charge in [-0.15, -0.1) is 0 Å². The van der Waals surface area contributed by atoms with Crippen molar-refractivity contribution in [2.75, 3.05) is 20.1 Å². The predicted octanol–water partition coefficient (Wildman–Crippen LogP) is 0.933. The molecule has 2 atom stereocenters. The molecule has 0 unspecified atom stereocenters. The van der Waals surface area contributed by atoms with Gasteiger partial charge in [-0.1, -0.05) is 0 Å². The molecule has 8 heteroatoms. The number of piperidine rings is 1. The highest BCUT2D eigenvalue weighted by molar-refractivity contribution is 5.91. The quantitative estimate of drug-likeness (QED) is 0.848. The average Bonchev–Trinajstić information content (AvgIpc) is 3.01. The molecule has 1 saturated heterocycles. The minimum Gasteiger partial charge on any atom is -0.350 e. The molecule has 3 rings (SSSR count). The number of nitrogens with zero attached hydrogens (tertiary/aromatic N) is 4. The van der Waals surface area contributed by atoms with Crippen molar-refractivity contribution in [3.63, 3.8) is 0 Å². The number of imidazole rings is 1. The summed E-state index contributed by atoms with van der Waals surface area (Å²) in [5.41, 5.74) is 1.94. The molecule has 26 heavy (non-hydrogen) atoms. The first-order valence-electron chi connectivity index (χ1n) is 8.90. The van der Waals surface area contributed by atoms with E-state index in [4.69, 9.17) is 0 Å². The minimum absolute atomic E-state index is 0.0747. The number of likely N-dealkylation sites (tertiary alicyclic amines) is 1. The topological polar surface area (TPSA) is 95.9 Å². The first kappa shape index (κ1) is 18.3. The molecule has 8 nitrogen and oxygen atoms in total. The van der Waals surface area contributed by atoms with Gasteiger partial charge in [-0.2, -0.15) is 0 Å². The van der Waals surface area contributed by atoms with E-state index in [1.54, 1.807) is 20.2 Å². The van der Waals surface area contributed by atoms with Crippen molar-refractivity contribution in [1.82, 2.24) is 29.7 Å². The standard InChI is InChI=1S/C18H26N6O2/c1-11-12(2)22-18(26)15(21-11)17(25)20-8-13-6-5-7-23(3)16(13)14-9-19-10-24(14)4/h9-10,13,16H,5-8H2,1-4H3,(H,20,25)(H,22,26)/t13-,16+/m0/s1. The van der Waals surface area contributed by atoms with E-state index in [2.05, 4.69) is 32.2 Å². The second-order valence-electron chi connectivity index (χ2n) is 7.09. The van der Waals surface area contributed by atoms with Crippen molar-refractivity contribution in [3.8, 4) is 0 Å². The molecule has 1 aliphatic rings. The second kappa shape index (κ2) is 7.41. The summed E-state index contributed by atoms with van der Waals surface area (Å²) in [6.45, 7) is 5.05. The van der Waals surface area contributed by atoms with Crippen LogP contribution >= 0.6 is 0 Å². The van der Waals surface area contributed by atoms with Gasteiger partial charge in [0.1, 0.15) is 0 Å². The number of aromatic amines is 1. The summed E-state index contributed by atoms with van der Waals surface area (Å²) < 4.78 is 2.02. The molecule has 140 valence electrons. The number of carbonyl (C=O) groups is 1. The van der Waals surface area contributed by atoms with Crippen LogP contribution in [-0.2, 0) is 7.05 Å². The summed E-state index contributed by atoms with van der Waals surface area (Å²) in [5, 5.41) is 2.91. The van der Waals surface area contributed by atoms with E-state index in [1.165, 1.54) is 0 Å². The number of H-pyrrole nitrogens is 1. The van der Waals surface area contributed by atoms with E-state index in [0.29, 0.717) is 17.9 Å². The molecule has 2 N–H and O–H groups in total. The van der Waals surface area contributed by atoms with Crippen LogP contribution in [0, 0.1) is 19.8 Å². The van der Waals surface area contributed by atoms with E-state index in [9.17, 15) is 9.59 Å². The molecule has 2 aromatic rings. The lowest BCUT2D eigenvalue weighted by atomic mass is 9.87. The number of carbonyl (C=O) groups excluding carboxylic acids is 1. The van der Waals surface area contributed by atoms with Crippen molar-refractivity contribution in [3.05, 3.63) is 45.7 Å². The fourth-order valence-electron chi connectivity index (χ4n) is 3.68. The van der Waals surface area contributed by atoms with E-state index >= 15 is 0 Å². The highest BCUT2D eigenvalue weighted by Crippen LogP contribution is 2.34. The van der Waals surface area contributed by atoms with Gasteiger partial charge in [0.05, 0.1) is 23.8 Å². The van der Waals surface area contributed by atoms with E-state index in [1.807, 2.05) is 17.8 Å². The second-order valence-corrected chi connectivity index (χ2v) is 7.09. The Labute approximate surface area is 152 Å². The van der Waals surface area contributed by atoms with Crippen LogP contribution in [0.15, 0.2) is 17.3 Å². The van der Waals surface area contributed by atoms with Crippen molar-refractivity contribution < 1.29 is 4.79 Å². The Balaban J connectivity index is 1.75. The fraction of sp³-hybridized carbons (Fsp3) is 0.556. The zero-order chi connectivity index (χ0) is 18.8. The number of amides is 1. The largest absolute Gasteiger partial charge is 0.350 e. The van der Waals surface area contributed by atoms with Crippen LogP contribution in [0.4, 0.5) is 0 Å². The molecular formula is C18H26N6O2. The van der Waals surface area contributed by atoms with Gasteiger partial charge in [0.25, 0.3) is 11.5 Å². The summed E-state index contributed by atoms with van der Waals surface area (Å²) in [4.78, 5) is 37.9. The van der Waals surface area contributed by atoms with Gasteiger partial charge in [0.2, 0.25) is 0 Å². The maximum Gasteiger partial charge on any atom is 0.279 e. The Morgan fingerprint density at radius 3 is 2.85 bits per heavy atom. The van der Waals surface area contributed by atoms with Crippen molar-refractivity contribution >= 4 is 5.91 Å². The van der Waals surface area contributed by atoms with Gasteiger partial charge in [-0.3, -0.25) is 14.5 Å². The summed E-state index contributed by atoms with van der Waals surface area (Å²) in [7, 11) is 4.08. The molecule has 0 spiro atoms. The zero-order valence-corrected chi connectivity index (χ0v) is 15.7. The summed E-state index contributed by atoms with van der Waals surface area (Å²) in [6, 6.07) is 0.183. The average molecular weight is 358 g/mol. The third-order valence-corrected chi connectivity index (χ3v) is 5.24. The third-order valence-electron chi connectivity index (χ3n) is 5.24. The summed E-state index contributed by atoms with van der Waals surface area (Å²) in [6.07, 6.45) is 5.77. The predicted molar refractivity (Wildman–Crippen MR) is 98.0 cm³/mol. The highest BCUT2D eigenvalue weighted by Gasteiger charge is 2.32. The van der Waals surface area contributed by atoms with Gasteiger partial charge in [0.15, 0.2) is 5.69 Å². The lowest BCUT2D eigenvalue weighted by molar-refractivity contribution is 0.0876. The SMILES string of the molecule is Cc1nc(C(=O)NC[C@@H]2CCCN(C)[C@H]2c2cncn2C)c(=O)[nH]c1C. The molecule has 3 heterocycles. The maximum absolute atomic E-state index is 12.5. The number of rotatable bonds is 4. The number of aromatic nitrogens is 4. The molecule has 0 saturated carbocycles. The molecule has 1 amide bonds. The van der Waals surface area contributed by atoms with E-state index in [0.717, 1.165) is 25.1 Å². The van der Waals surface area contributed by atoms with Crippen LogP contribution in [0.1, 0.15) is 46.5 Å². The van der Waals surface area contributed by atoms with Crippen LogP contribution in [0.25, 0.3) is 0 Å². The Hall–Kier alpha value is -2.48. The monoisotopic (exact) mass is 358 g/mol. The van der Waals surface area contributed by atoms with Gasteiger partial charge >= 0.3 is 0 Å². The van der Waals surface area contributed by atoms with Crippen LogP contribution < -0.4 is 10.9 Å². The lowest BCUT2D eigenvalue weighted by Gasteiger charge is -2.39. The zero-order valence-electron chi connectivity index (χ0n) is 15.7. The fourth-order valence-corrected chi connectivity index (χ4v) is 3.68. The Bertz CT molecular complexity index is 856. The molecular weight excluding hydrogens is 332 g/mol. The minimum atomic E-state index is -0.449. The third kappa shape index (κ3) is 3.55.